The Hall–Kier alpha value is -3.98. The van der Waals surface area contributed by atoms with E-state index in [-0.39, 0.29) is 0 Å². The molecule has 9 nitrogen and oxygen atoms in total. The molecule has 0 unspecified atom stereocenters. The molecule has 2 aromatic carbocycles. The van der Waals surface area contributed by atoms with Crippen molar-refractivity contribution in [2.24, 2.45) is 0 Å². The zero-order chi connectivity index (χ0) is 22.4. The predicted molar refractivity (Wildman–Crippen MR) is 128 cm³/mol. The first-order valence-electron chi connectivity index (χ1n) is 11.0. The van der Waals surface area contributed by atoms with Gasteiger partial charge in [-0.1, -0.05) is 6.07 Å². The Kier molecular flexibility index (Phi) is 4.69. The quantitative estimate of drug-likeness (QED) is 0.452. The maximum absolute atomic E-state index is 5.83. The minimum absolute atomic E-state index is 0.512. The van der Waals surface area contributed by atoms with Gasteiger partial charge in [0, 0.05) is 50.7 Å². The fraction of sp³-hybridized carbons (Fsp3) is 0.250. The summed E-state index contributed by atoms with van der Waals surface area (Å²) in [5.74, 6) is 1.13. The van der Waals surface area contributed by atoms with Crippen LogP contribution in [0.15, 0.2) is 59.3 Å². The number of piperazine rings is 1. The first-order chi connectivity index (χ1) is 16.1. The van der Waals surface area contributed by atoms with E-state index in [9.17, 15) is 0 Å². The standard InChI is InChI=1S/C24H24N8O/c1-16-27-20-4-3-5-21(22(20)33-16)32-23-17(15-26-32)14-25-24(29-23)28-18-6-8-19(9-7-18)31-12-10-30(2)11-13-31/h3-9,14-15H,10-13H2,1-2H3,(H,25,28,29). The molecule has 0 amide bonds. The largest absolute Gasteiger partial charge is 0.439 e. The molecule has 1 N–H and O–H groups in total. The molecule has 0 spiro atoms. The van der Waals surface area contributed by atoms with Crippen molar-refractivity contribution in [3.05, 3.63) is 60.7 Å². The molecule has 1 aliphatic heterocycles. The Bertz CT molecular complexity index is 1430. The molecule has 0 bridgehead atoms. The highest BCUT2D eigenvalue weighted by atomic mass is 16.3. The summed E-state index contributed by atoms with van der Waals surface area (Å²) in [5.41, 5.74) is 5.14. The Morgan fingerprint density at radius 1 is 0.939 bits per heavy atom. The number of benzene rings is 2. The lowest BCUT2D eigenvalue weighted by atomic mass is 10.2. The van der Waals surface area contributed by atoms with Crippen LogP contribution in [-0.4, -0.2) is 62.9 Å². The normalized spacial score (nSPS) is 14.9. The first kappa shape index (κ1) is 19.7. The van der Waals surface area contributed by atoms with Crippen LogP contribution in [0, 0.1) is 6.92 Å². The zero-order valence-corrected chi connectivity index (χ0v) is 18.6. The van der Waals surface area contributed by atoms with Crippen LogP contribution < -0.4 is 10.2 Å². The Balaban J connectivity index is 1.29. The van der Waals surface area contributed by atoms with Crippen molar-refractivity contribution in [3.8, 4) is 5.69 Å². The number of para-hydroxylation sites is 1. The van der Waals surface area contributed by atoms with Crippen LogP contribution in [0.2, 0.25) is 0 Å². The molecule has 1 saturated heterocycles. The third-order valence-corrected chi connectivity index (χ3v) is 6.03. The van der Waals surface area contributed by atoms with Crippen molar-refractivity contribution < 1.29 is 4.42 Å². The smallest absolute Gasteiger partial charge is 0.229 e. The van der Waals surface area contributed by atoms with Gasteiger partial charge in [0.25, 0.3) is 0 Å². The molecule has 0 atom stereocenters. The number of hydrogen-bond donors (Lipinski definition) is 1. The van der Waals surface area contributed by atoms with Gasteiger partial charge in [0.1, 0.15) is 11.2 Å². The van der Waals surface area contributed by atoms with Gasteiger partial charge in [0.05, 0.1) is 11.6 Å². The number of fused-ring (bicyclic) bond motifs is 2. The highest BCUT2D eigenvalue weighted by Gasteiger charge is 2.16. The summed E-state index contributed by atoms with van der Waals surface area (Å²) in [6.07, 6.45) is 3.53. The fourth-order valence-electron chi connectivity index (χ4n) is 4.22. The van der Waals surface area contributed by atoms with Crippen molar-refractivity contribution >= 4 is 39.5 Å². The number of nitrogens with one attached hydrogen (secondary N) is 1. The highest BCUT2D eigenvalue weighted by molar-refractivity contribution is 5.85. The van der Waals surface area contributed by atoms with E-state index in [0.717, 1.165) is 48.5 Å². The lowest BCUT2D eigenvalue weighted by molar-refractivity contribution is 0.313. The zero-order valence-electron chi connectivity index (χ0n) is 18.6. The minimum atomic E-state index is 0.512. The Morgan fingerprint density at radius 2 is 1.76 bits per heavy atom. The molecule has 33 heavy (non-hydrogen) atoms. The number of aromatic nitrogens is 5. The van der Waals surface area contributed by atoms with Crippen molar-refractivity contribution in [1.82, 2.24) is 29.6 Å². The summed E-state index contributed by atoms with van der Waals surface area (Å²) in [6, 6.07) is 14.2. The molecule has 4 heterocycles. The molecule has 3 aromatic heterocycles. The van der Waals surface area contributed by atoms with E-state index in [1.54, 1.807) is 17.1 Å². The highest BCUT2D eigenvalue weighted by Crippen LogP contribution is 2.26. The van der Waals surface area contributed by atoms with Gasteiger partial charge in [-0.2, -0.15) is 10.1 Å². The SMILES string of the molecule is Cc1nc2cccc(-n3ncc4cnc(Nc5ccc(N6CCN(C)CC6)cc5)nc43)c2o1. The number of likely N-dealkylation sites (N-methyl/N-ethyl adjacent to an activating group) is 1. The number of oxazole rings is 1. The number of hydrogen-bond acceptors (Lipinski definition) is 8. The van der Waals surface area contributed by atoms with E-state index in [1.807, 2.05) is 25.1 Å². The number of rotatable bonds is 4. The third-order valence-electron chi connectivity index (χ3n) is 6.03. The molecular formula is C24H24N8O. The molecule has 5 aromatic rings. The van der Waals surface area contributed by atoms with E-state index in [1.165, 1.54) is 5.69 Å². The fourth-order valence-corrected chi connectivity index (χ4v) is 4.22. The predicted octanol–water partition coefficient (Wildman–Crippen LogP) is 3.76. The molecule has 6 rings (SSSR count). The van der Waals surface area contributed by atoms with Crippen molar-refractivity contribution in [1.29, 1.82) is 0 Å². The van der Waals surface area contributed by atoms with Crippen LogP contribution in [0.3, 0.4) is 0 Å². The molecule has 0 radical (unpaired) electrons. The van der Waals surface area contributed by atoms with Gasteiger partial charge in [-0.3, -0.25) is 0 Å². The number of nitrogens with zero attached hydrogens (tertiary/aromatic N) is 7. The second-order valence-electron chi connectivity index (χ2n) is 8.35. The van der Waals surface area contributed by atoms with Gasteiger partial charge in [-0.15, -0.1) is 0 Å². The van der Waals surface area contributed by atoms with Gasteiger partial charge in [0.15, 0.2) is 17.1 Å². The molecule has 0 aliphatic carbocycles. The minimum Gasteiger partial charge on any atom is -0.439 e. The lowest BCUT2D eigenvalue weighted by Gasteiger charge is -2.34. The van der Waals surface area contributed by atoms with Gasteiger partial charge >= 0.3 is 0 Å². The topological polar surface area (TPSA) is 88.1 Å². The van der Waals surface area contributed by atoms with E-state index >= 15 is 0 Å². The van der Waals surface area contributed by atoms with Crippen LogP contribution in [0.1, 0.15) is 5.89 Å². The Labute approximate surface area is 190 Å². The van der Waals surface area contributed by atoms with Gasteiger partial charge in [-0.25, -0.2) is 14.6 Å². The number of anilines is 3. The van der Waals surface area contributed by atoms with Crippen molar-refractivity contribution in [2.45, 2.75) is 6.92 Å². The van der Waals surface area contributed by atoms with Crippen molar-refractivity contribution in [3.63, 3.8) is 0 Å². The monoisotopic (exact) mass is 440 g/mol. The molecule has 0 saturated carbocycles. The van der Waals surface area contributed by atoms with Crippen LogP contribution >= 0.6 is 0 Å². The number of aryl methyl sites for hydroxylation is 1. The molecule has 9 heteroatoms. The molecule has 1 fully saturated rings. The summed E-state index contributed by atoms with van der Waals surface area (Å²) >= 11 is 0. The maximum atomic E-state index is 5.83. The maximum Gasteiger partial charge on any atom is 0.229 e. The summed E-state index contributed by atoms with van der Waals surface area (Å²) in [4.78, 5) is 18.4. The van der Waals surface area contributed by atoms with Crippen LogP contribution in [0.5, 0.6) is 0 Å². The van der Waals surface area contributed by atoms with Gasteiger partial charge in [-0.05, 0) is 43.4 Å². The van der Waals surface area contributed by atoms with E-state index in [4.69, 9.17) is 9.40 Å². The van der Waals surface area contributed by atoms with Crippen LogP contribution in [0.4, 0.5) is 17.3 Å². The summed E-state index contributed by atoms with van der Waals surface area (Å²) in [7, 11) is 2.17. The third kappa shape index (κ3) is 3.66. The van der Waals surface area contributed by atoms with E-state index in [2.05, 4.69) is 61.5 Å². The second kappa shape index (κ2) is 7.86. The van der Waals surface area contributed by atoms with E-state index in [0.29, 0.717) is 23.1 Å². The molecule has 166 valence electrons. The lowest BCUT2D eigenvalue weighted by Crippen LogP contribution is -2.44. The van der Waals surface area contributed by atoms with Crippen LogP contribution in [-0.2, 0) is 0 Å². The summed E-state index contributed by atoms with van der Waals surface area (Å²) < 4.78 is 7.60. The Morgan fingerprint density at radius 3 is 2.58 bits per heavy atom. The average Bonchev–Trinajstić information content (AvgIpc) is 3.42. The van der Waals surface area contributed by atoms with Crippen LogP contribution in [0.25, 0.3) is 27.8 Å². The van der Waals surface area contributed by atoms with Gasteiger partial charge < -0.3 is 19.5 Å². The second-order valence-corrected chi connectivity index (χ2v) is 8.35. The van der Waals surface area contributed by atoms with E-state index < -0.39 is 0 Å². The first-order valence-corrected chi connectivity index (χ1v) is 11.0. The van der Waals surface area contributed by atoms with Gasteiger partial charge in [0.2, 0.25) is 5.95 Å². The average molecular weight is 441 g/mol. The summed E-state index contributed by atoms with van der Waals surface area (Å²) in [6.45, 7) is 6.10. The van der Waals surface area contributed by atoms with Crippen molar-refractivity contribution in [2.75, 3.05) is 43.4 Å². The summed E-state index contributed by atoms with van der Waals surface area (Å²) in [5, 5.41) is 8.70. The molecule has 1 aliphatic rings. The molecular weight excluding hydrogens is 416 g/mol.